The number of amides is 1. The maximum absolute atomic E-state index is 12.4. The zero-order chi connectivity index (χ0) is 27.0. The summed E-state index contributed by atoms with van der Waals surface area (Å²) in [4.78, 5) is 23.3. The predicted molar refractivity (Wildman–Crippen MR) is 140 cm³/mol. The number of carbonyl (C=O) groups is 1. The molecule has 2 aromatic heterocycles. The van der Waals surface area contributed by atoms with Crippen LogP contribution in [0, 0.1) is 6.92 Å². The van der Waals surface area contributed by atoms with Gasteiger partial charge in [0.05, 0.1) is 27.7 Å². The maximum Gasteiger partial charge on any atom is 0.410 e. The molecule has 0 aliphatic carbocycles. The van der Waals surface area contributed by atoms with Crippen LogP contribution in [0.25, 0.3) is 28.4 Å². The largest absolute Gasteiger partial charge is 0.444 e. The number of benzene rings is 1. The Labute approximate surface area is 218 Å². The molecule has 1 amide bonds. The van der Waals surface area contributed by atoms with Crippen LogP contribution in [0.3, 0.4) is 0 Å². The van der Waals surface area contributed by atoms with E-state index in [0.29, 0.717) is 48.0 Å². The fourth-order valence-electron chi connectivity index (χ4n) is 3.68. The SMILES string of the molecule is Cc1ncc(-c2ccc(S(=O)(=O)C(C)C)cc2)nc1-c1nnc(C2=CCN(C(=O)OC(C)(C)C)CC2)o1.[HH]. The summed E-state index contributed by atoms with van der Waals surface area (Å²) in [6.45, 7) is 11.5. The lowest BCUT2D eigenvalue weighted by atomic mass is 10.1. The van der Waals surface area contributed by atoms with E-state index in [1.807, 2.05) is 26.8 Å². The molecule has 1 aromatic carbocycles. The molecule has 0 spiro atoms. The van der Waals surface area contributed by atoms with Gasteiger partial charge in [0.25, 0.3) is 5.89 Å². The standard InChI is InChI=1S/C26H31N5O5S.H2/c1-16(2)37(33,34)20-9-7-18(8-10-20)21-15-27-17(3)22(28-21)24-30-29-23(35-24)19-11-13-31(14-12-19)25(32)36-26(4,5)6;/h7-11,15-16H,12-14H2,1-6H3;1H. The zero-order valence-electron chi connectivity index (χ0n) is 21.8. The third-order valence-corrected chi connectivity index (χ3v) is 7.99. The van der Waals surface area contributed by atoms with Crippen LogP contribution in [0.1, 0.15) is 54.1 Å². The second-order valence-electron chi connectivity index (χ2n) is 10.1. The Kier molecular flexibility index (Phi) is 7.18. The molecule has 1 aliphatic heterocycles. The van der Waals surface area contributed by atoms with Gasteiger partial charge in [0.1, 0.15) is 11.3 Å². The molecule has 37 heavy (non-hydrogen) atoms. The Morgan fingerprint density at radius 3 is 2.41 bits per heavy atom. The third-order valence-electron chi connectivity index (χ3n) is 5.82. The lowest BCUT2D eigenvalue weighted by Gasteiger charge is -2.28. The first-order chi connectivity index (χ1) is 17.3. The fourth-order valence-corrected chi connectivity index (χ4v) is 4.74. The summed E-state index contributed by atoms with van der Waals surface area (Å²) < 4.78 is 36.2. The molecule has 10 nitrogen and oxygen atoms in total. The lowest BCUT2D eigenvalue weighted by Crippen LogP contribution is -2.39. The smallest absolute Gasteiger partial charge is 0.410 e. The van der Waals surface area contributed by atoms with Crippen LogP contribution in [-0.2, 0) is 14.6 Å². The topological polar surface area (TPSA) is 128 Å². The van der Waals surface area contributed by atoms with Gasteiger partial charge in [-0.25, -0.2) is 18.2 Å². The molecule has 0 radical (unpaired) electrons. The van der Waals surface area contributed by atoms with Gasteiger partial charge in [0.15, 0.2) is 9.84 Å². The maximum atomic E-state index is 12.4. The minimum atomic E-state index is -3.36. The van der Waals surface area contributed by atoms with Crippen molar-refractivity contribution in [2.24, 2.45) is 0 Å². The minimum Gasteiger partial charge on any atom is -0.444 e. The summed E-state index contributed by atoms with van der Waals surface area (Å²) >= 11 is 0. The molecular weight excluding hydrogens is 494 g/mol. The van der Waals surface area contributed by atoms with Gasteiger partial charge in [-0.15, -0.1) is 10.2 Å². The Morgan fingerprint density at radius 2 is 1.81 bits per heavy atom. The molecule has 4 rings (SSSR count). The molecule has 0 unspecified atom stereocenters. The van der Waals surface area contributed by atoms with Crippen molar-refractivity contribution in [2.75, 3.05) is 13.1 Å². The Morgan fingerprint density at radius 1 is 1.14 bits per heavy atom. The van der Waals surface area contributed by atoms with Crippen LogP contribution in [0.4, 0.5) is 4.79 Å². The molecule has 0 N–H and O–H groups in total. The van der Waals surface area contributed by atoms with E-state index in [4.69, 9.17) is 9.15 Å². The minimum absolute atomic E-state index is 0. The van der Waals surface area contributed by atoms with Crippen molar-refractivity contribution in [3.63, 3.8) is 0 Å². The molecule has 0 atom stereocenters. The van der Waals surface area contributed by atoms with Crippen LogP contribution in [0.2, 0.25) is 0 Å². The molecule has 198 valence electrons. The van der Waals surface area contributed by atoms with E-state index in [1.165, 1.54) is 0 Å². The summed E-state index contributed by atoms with van der Waals surface area (Å²) in [5.41, 5.74) is 2.63. The van der Waals surface area contributed by atoms with E-state index in [9.17, 15) is 13.2 Å². The number of rotatable bonds is 5. The predicted octanol–water partition coefficient (Wildman–Crippen LogP) is 4.95. The van der Waals surface area contributed by atoms with E-state index in [2.05, 4.69) is 20.2 Å². The highest BCUT2D eigenvalue weighted by Crippen LogP contribution is 2.28. The summed E-state index contributed by atoms with van der Waals surface area (Å²) in [5, 5.41) is 7.87. The Bertz CT molecular complexity index is 1440. The second-order valence-corrected chi connectivity index (χ2v) is 12.6. The number of hydrogen-bond donors (Lipinski definition) is 0. The number of sulfone groups is 1. The third kappa shape index (κ3) is 5.87. The van der Waals surface area contributed by atoms with Crippen LogP contribution < -0.4 is 0 Å². The first-order valence-electron chi connectivity index (χ1n) is 12.0. The number of ether oxygens (including phenoxy) is 1. The average molecular weight is 528 g/mol. The second kappa shape index (κ2) is 10.0. The molecular formula is C26H33N5O5S. The van der Waals surface area contributed by atoms with E-state index in [-0.39, 0.29) is 18.3 Å². The number of aromatic nitrogens is 4. The van der Waals surface area contributed by atoms with Crippen molar-refractivity contribution in [1.82, 2.24) is 25.1 Å². The van der Waals surface area contributed by atoms with Crippen molar-refractivity contribution in [2.45, 2.75) is 63.7 Å². The van der Waals surface area contributed by atoms with Gasteiger partial charge in [0, 0.05) is 25.7 Å². The van der Waals surface area contributed by atoms with Crippen molar-refractivity contribution < 1.29 is 23.8 Å². The van der Waals surface area contributed by atoms with Gasteiger partial charge < -0.3 is 14.1 Å². The molecule has 0 saturated heterocycles. The van der Waals surface area contributed by atoms with E-state index in [0.717, 1.165) is 5.57 Å². The van der Waals surface area contributed by atoms with Gasteiger partial charge >= 0.3 is 6.09 Å². The monoisotopic (exact) mass is 527 g/mol. The normalized spacial score (nSPS) is 14.6. The van der Waals surface area contributed by atoms with Gasteiger partial charge in [-0.05, 0) is 60.1 Å². The molecule has 1 aliphatic rings. The van der Waals surface area contributed by atoms with Crippen molar-refractivity contribution in [3.8, 4) is 22.8 Å². The van der Waals surface area contributed by atoms with Crippen molar-refractivity contribution in [3.05, 3.63) is 48.1 Å². The Hall–Kier alpha value is -3.60. The number of nitrogens with zero attached hydrogens (tertiary/aromatic N) is 5. The number of hydrogen-bond acceptors (Lipinski definition) is 9. The van der Waals surface area contributed by atoms with Gasteiger partial charge in [0.2, 0.25) is 5.89 Å². The summed E-state index contributed by atoms with van der Waals surface area (Å²) in [6, 6.07) is 6.57. The zero-order valence-corrected chi connectivity index (χ0v) is 22.7. The number of carbonyl (C=O) groups excluding carboxylic acids is 1. The average Bonchev–Trinajstić information content (AvgIpc) is 3.33. The summed E-state index contributed by atoms with van der Waals surface area (Å²) in [6.07, 6.45) is 3.70. The van der Waals surface area contributed by atoms with Crippen molar-refractivity contribution >= 4 is 21.5 Å². The quantitative estimate of drug-likeness (QED) is 0.452. The highest BCUT2D eigenvalue weighted by Gasteiger charge is 2.26. The van der Waals surface area contributed by atoms with E-state index >= 15 is 0 Å². The highest BCUT2D eigenvalue weighted by molar-refractivity contribution is 7.92. The van der Waals surface area contributed by atoms with Crippen LogP contribution in [0.15, 0.2) is 45.9 Å². The Balaban J connectivity index is 0.00000400. The highest BCUT2D eigenvalue weighted by atomic mass is 32.2. The van der Waals surface area contributed by atoms with Gasteiger partial charge in [-0.2, -0.15) is 0 Å². The fraction of sp³-hybridized carbons (Fsp3) is 0.423. The molecule has 3 heterocycles. The summed E-state index contributed by atoms with van der Waals surface area (Å²) in [5.74, 6) is 0.602. The first kappa shape index (κ1) is 26.5. The molecule has 0 fully saturated rings. The van der Waals surface area contributed by atoms with Crippen LogP contribution in [0.5, 0.6) is 0 Å². The van der Waals surface area contributed by atoms with Gasteiger partial charge in [-0.1, -0.05) is 18.2 Å². The van der Waals surface area contributed by atoms with E-state index in [1.54, 1.807) is 56.1 Å². The van der Waals surface area contributed by atoms with Gasteiger partial charge in [-0.3, -0.25) is 4.98 Å². The molecule has 0 saturated carbocycles. The molecule has 11 heteroatoms. The van der Waals surface area contributed by atoms with Crippen LogP contribution >= 0.6 is 0 Å². The number of aryl methyl sites for hydroxylation is 1. The first-order valence-corrected chi connectivity index (χ1v) is 13.6. The van der Waals surface area contributed by atoms with Crippen LogP contribution in [-0.4, -0.2) is 63.5 Å². The van der Waals surface area contributed by atoms with Crippen molar-refractivity contribution in [1.29, 1.82) is 0 Å². The summed E-state index contributed by atoms with van der Waals surface area (Å²) in [7, 11) is -3.36. The molecule has 0 bridgehead atoms. The lowest BCUT2D eigenvalue weighted by molar-refractivity contribution is 0.0270. The van der Waals surface area contributed by atoms with E-state index < -0.39 is 20.7 Å². The molecule has 3 aromatic rings.